The van der Waals surface area contributed by atoms with Crippen LogP contribution in [0.4, 0.5) is 4.79 Å². The van der Waals surface area contributed by atoms with Crippen LogP contribution in [0, 0.1) is 6.92 Å². The molecule has 0 N–H and O–H groups in total. The monoisotopic (exact) mass is 657 g/mol. The summed E-state index contributed by atoms with van der Waals surface area (Å²) >= 11 is 10.5. The van der Waals surface area contributed by atoms with Crippen molar-refractivity contribution in [1.29, 1.82) is 0 Å². The number of benzene rings is 3. The second-order valence-corrected chi connectivity index (χ2v) is 11.8. The lowest BCUT2D eigenvalue weighted by Crippen LogP contribution is -2.32. The fourth-order valence-corrected chi connectivity index (χ4v) is 5.76. The molecule has 1 heterocycles. The predicted molar refractivity (Wildman–Crippen MR) is 165 cm³/mol. The number of hydrogen-bond donors (Lipinski definition) is 0. The summed E-state index contributed by atoms with van der Waals surface area (Å²) in [4.78, 5) is 40.0. The van der Waals surface area contributed by atoms with Crippen LogP contribution < -0.4 is 14.2 Å². The molecule has 3 aromatic rings. The molecular formula is C31H29BrClNO6S. The number of amides is 2. The average Bonchev–Trinajstić information content (AvgIpc) is 3.18. The van der Waals surface area contributed by atoms with E-state index < -0.39 is 11.9 Å². The Bertz CT molecular complexity index is 1520. The topological polar surface area (TPSA) is 82.1 Å². The normalized spacial score (nSPS) is 14.2. The van der Waals surface area contributed by atoms with Crippen molar-refractivity contribution in [2.75, 3.05) is 19.8 Å². The summed E-state index contributed by atoms with van der Waals surface area (Å²) in [7, 11) is 0. The molecule has 4 rings (SSSR count). The summed E-state index contributed by atoms with van der Waals surface area (Å²) in [5.74, 6) is 0.458. The zero-order valence-electron chi connectivity index (χ0n) is 23.0. The number of imide groups is 1. The second kappa shape index (κ2) is 13.6. The van der Waals surface area contributed by atoms with Gasteiger partial charge < -0.3 is 14.2 Å². The number of nitrogens with zero attached hydrogens (tertiary/aromatic N) is 1. The Morgan fingerprint density at radius 2 is 1.83 bits per heavy atom. The smallest absolute Gasteiger partial charge is 0.345 e. The number of carbonyl (C=O) groups is 3. The highest BCUT2D eigenvalue weighted by Crippen LogP contribution is 2.40. The zero-order valence-corrected chi connectivity index (χ0v) is 26.2. The van der Waals surface area contributed by atoms with Gasteiger partial charge in [0.25, 0.3) is 11.1 Å². The minimum atomic E-state index is -0.639. The number of esters is 1. The summed E-state index contributed by atoms with van der Waals surface area (Å²) in [5, 5.41) is -0.101. The fraction of sp³-hybridized carbons (Fsp3) is 0.258. The van der Waals surface area contributed by atoms with E-state index in [1.807, 2.05) is 25.1 Å². The first-order chi connectivity index (χ1) is 19.6. The number of aryl methyl sites for hydroxylation is 1. The molecule has 0 radical (unpaired) electrons. The number of ether oxygens (including phenoxy) is 3. The molecule has 0 bridgehead atoms. The number of rotatable bonds is 10. The summed E-state index contributed by atoms with van der Waals surface area (Å²) in [5.41, 5.74) is 2.94. The van der Waals surface area contributed by atoms with Gasteiger partial charge in [-0.2, -0.15) is 0 Å². The van der Waals surface area contributed by atoms with Crippen molar-refractivity contribution >= 4 is 62.5 Å². The van der Waals surface area contributed by atoms with Gasteiger partial charge in [0.1, 0.15) is 12.4 Å². The lowest BCUT2D eigenvalue weighted by atomic mass is 10.0. The minimum absolute atomic E-state index is 0.123. The van der Waals surface area contributed by atoms with Gasteiger partial charge in [0.05, 0.1) is 33.1 Å². The maximum absolute atomic E-state index is 13.1. The van der Waals surface area contributed by atoms with Crippen molar-refractivity contribution < 1.29 is 28.6 Å². The molecule has 0 atom stereocenters. The van der Waals surface area contributed by atoms with E-state index in [1.165, 1.54) is 4.90 Å². The van der Waals surface area contributed by atoms with Crippen molar-refractivity contribution in [3.8, 4) is 17.2 Å². The quantitative estimate of drug-likeness (QED) is 0.123. The van der Waals surface area contributed by atoms with Gasteiger partial charge in [0.2, 0.25) is 0 Å². The molecule has 214 valence electrons. The van der Waals surface area contributed by atoms with E-state index >= 15 is 0 Å². The van der Waals surface area contributed by atoms with Crippen LogP contribution in [0.2, 0.25) is 5.02 Å². The highest BCUT2D eigenvalue weighted by atomic mass is 79.9. The van der Waals surface area contributed by atoms with Gasteiger partial charge in [-0.25, -0.2) is 4.79 Å². The van der Waals surface area contributed by atoms with Crippen molar-refractivity contribution in [1.82, 2.24) is 4.90 Å². The van der Waals surface area contributed by atoms with Gasteiger partial charge in [-0.05, 0) is 101 Å². The van der Waals surface area contributed by atoms with E-state index in [0.717, 1.165) is 28.6 Å². The van der Waals surface area contributed by atoms with Crippen LogP contribution in [0.1, 0.15) is 53.7 Å². The maximum Gasteiger partial charge on any atom is 0.345 e. The number of halogens is 2. The predicted octanol–water partition coefficient (Wildman–Crippen LogP) is 8.27. The summed E-state index contributed by atoms with van der Waals surface area (Å²) < 4.78 is 17.8. The molecule has 0 aliphatic carbocycles. The molecule has 7 nitrogen and oxygen atoms in total. The van der Waals surface area contributed by atoms with Crippen LogP contribution >= 0.6 is 39.3 Å². The van der Waals surface area contributed by atoms with Gasteiger partial charge in [-0.15, -0.1) is 0 Å². The van der Waals surface area contributed by atoms with Crippen LogP contribution in [0.15, 0.2) is 64.0 Å². The van der Waals surface area contributed by atoms with Crippen molar-refractivity contribution in [3.05, 3.63) is 91.3 Å². The number of carbonyl (C=O) groups excluding carboxylic acids is 3. The Balaban J connectivity index is 1.50. The van der Waals surface area contributed by atoms with Crippen LogP contribution in [0.25, 0.3) is 6.08 Å². The molecule has 2 amide bonds. The fourth-order valence-electron chi connectivity index (χ4n) is 4.14. The van der Waals surface area contributed by atoms with Crippen LogP contribution in [-0.2, 0) is 4.79 Å². The van der Waals surface area contributed by atoms with E-state index in [-0.39, 0.29) is 45.5 Å². The Labute approximate surface area is 256 Å². The van der Waals surface area contributed by atoms with Crippen LogP contribution in [-0.4, -0.2) is 41.8 Å². The molecule has 1 saturated heterocycles. The lowest BCUT2D eigenvalue weighted by molar-refractivity contribution is -0.123. The van der Waals surface area contributed by atoms with E-state index in [9.17, 15) is 14.4 Å². The highest BCUT2D eigenvalue weighted by molar-refractivity contribution is 9.10. The van der Waals surface area contributed by atoms with Crippen LogP contribution in [0.5, 0.6) is 17.2 Å². The number of hydrogen-bond acceptors (Lipinski definition) is 7. The van der Waals surface area contributed by atoms with Gasteiger partial charge in [-0.3, -0.25) is 14.5 Å². The molecule has 0 saturated carbocycles. The van der Waals surface area contributed by atoms with Crippen LogP contribution in [0.3, 0.4) is 0 Å². The molecular weight excluding hydrogens is 630 g/mol. The SMILES string of the molecule is CCOc1cc(/C=C2\SC(=O)N(CCOc3cc(C)ccc3C(C)C)C2=O)cc(Br)c1OC(=O)c1ccccc1Cl. The first kappa shape index (κ1) is 30.7. The molecule has 0 spiro atoms. The molecule has 0 aromatic heterocycles. The highest BCUT2D eigenvalue weighted by Gasteiger charge is 2.35. The van der Waals surface area contributed by atoms with Gasteiger partial charge in [0.15, 0.2) is 11.5 Å². The number of thioether (sulfide) groups is 1. The molecule has 1 fully saturated rings. The molecule has 3 aromatic carbocycles. The summed E-state index contributed by atoms with van der Waals surface area (Å²) in [6.07, 6.45) is 1.61. The Kier molecular flexibility index (Phi) is 10.2. The Morgan fingerprint density at radius 3 is 2.54 bits per heavy atom. The van der Waals surface area contributed by atoms with Crippen molar-refractivity contribution in [3.63, 3.8) is 0 Å². The van der Waals surface area contributed by atoms with Gasteiger partial charge in [0, 0.05) is 0 Å². The molecule has 10 heteroatoms. The molecule has 1 aliphatic heterocycles. The summed E-state index contributed by atoms with van der Waals surface area (Å²) in [6, 6.07) is 15.9. The van der Waals surface area contributed by atoms with Crippen molar-refractivity contribution in [2.24, 2.45) is 0 Å². The molecule has 41 heavy (non-hydrogen) atoms. The van der Waals surface area contributed by atoms with E-state index in [4.69, 9.17) is 25.8 Å². The third-order valence-electron chi connectivity index (χ3n) is 6.16. The zero-order chi connectivity index (χ0) is 29.7. The van der Waals surface area contributed by atoms with E-state index in [2.05, 4.69) is 29.8 Å². The van der Waals surface area contributed by atoms with Gasteiger partial charge >= 0.3 is 5.97 Å². The Morgan fingerprint density at radius 1 is 1.07 bits per heavy atom. The lowest BCUT2D eigenvalue weighted by Gasteiger charge is -2.17. The largest absolute Gasteiger partial charge is 0.491 e. The third kappa shape index (κ3) is 7.33. The van der Waals surface area contributed by atoms with Gasteiger partial charge in [-0.1, -0.05) is 49.7 Å². The first-order valence-electron chi connectivity index (χ1n) is 13.0. The second-order valence-electron chi connectivity index (χ2n) is 9.51. The van der Waals surface area contributed by atoms with E-state index in [0.29, 0.717) is 22.4 Å². The molecule has 1 aliphatic rings. The van der Waals surface area contributed by atoms with Crippen molar-refractivity contribution in [2.45, 2.75) is 33.6 Å². The Hall–Kier alpha value is -3.27. The maximum atomic E-state index is 13.1. The standard InChI is InChI=1S/C31H29BrClNO6S/c1-5-38-26-16-20(15-23(32)28(26)40-30(36)22-8-6-7-9-24(22)33)17-27-29(35)34(31(37)41-27)12-13-39-25-14-19(4)10-11-21(25)18(2)3/h6-11,14-18H,5,12-13H2,1-4H3/b27-17-. The average molecular weight is 659 g/mol. The molecule has 0 unspecified atom stereocenters. The summed E-state index contributed by atoms with van der Waals surface area (Å²) in [6.45, 7) is 8.57. The van der Waals surface area contributed by atoms with E-state index in [1.54, 1.807) is 49.4 Å². The third-order valence-corrected chi connectivity index (χ3v) is 7.98. The first-order valence-corrected chi connectivity index (χ1v) is 15.0. The minimum Gasteiger partial charge on any atom is -0.491 e.